The molecule has 0 aromatic heterocycles. The molecule has 146 valence electrons. The van der Waals surface area contributed by atoms with Crippen LogP contribution in [-0.4, -0.2) is 46.4 Å². The van der Waals surface area contributed by atoms with E-state index in [1.54, 1.807) is 6.07 Å². The van der Waals surface area contributed by atoms with Gasteiger partial charge in [-0.1, -0.05) is 6.07 Å². The maximum atomic E-state index is 12.3. The second kappa shape index (κ2) is 8.73. The summed E-state index contributed by atoms with van der Waals surface area (Å²) in [6, 6.07) is 9.78. The highest BCUT2D eigenvalue weighted by atomic mass is 79.9. The van der Waals surface area contributed by atoms with Crippen molar-refractivity contribution in [3.63, 3.8) is 0 Å². The molecule has 0 aliphatic carbocycles. The number of nitrogens with one attached hydrogen (secondary N) is 1. The summed E-state index contributed by atoms with van der Waals surface area (Å²) in [5.41, 5.74) is 1.30. The van der Waals surface area contributed by atoms with Crippen LogP contribution in [0.15, 0.2) is 45.8 Å². The molecule has 1 N–H and O–H groups in total. The number of methoxy groups -OCH3 is 1. The van der Waals surface area contributed by atoms with Crippen molar-refractivity contribution in [1.82, 2.24) is 4.31 Å². The van der Waals surface area contributed by atoms with Crippen molar-refractivity contribution in [3.05, 3.63) is 46.4 Å². The minimum atomic E-state index is -3.64. The molecule has 0 aliphatic rings. The number of amides is 1. The first-order valence-corrected chi connectivity index (χ1v) is 10.2. The van der Waals surface area contributed by atoms with E-state index in [0.29, 0.717) is 11.5 Å². The lowest BCUT2D eigenvalue weighted by atomic mass is 10.2. The quantitative estimate of drug-likeness (QED) is 0.691. The predicted octanol–water partition coefficient (Wildman–Crippen LogP) is 3.03. The molecule has 0 bridgehead atoms. The van der Waals surface area contributed by atoms with E-state index >= 15 is 0 Å². The number of benzene rings is 2. The summed E-state index contributed by atoms with van der Waals surface area (Å²) in [5.74, 6) is 0.435. The second-order valence-corrected chi connectivity index (χ2v) is 8.93. The van der Waals surface area contributed by atoms with Crippen LogP contribution in [0.1, 0.15) is 5.56 Å². The molecule has 0 spiro atoms. The maximum absolute atomic E-state index is 12.3. The van der Waals surface area contributed by atoms with E-state index in [1.807, 2.05) is 19.1 Å². The Balaban J connectivity index is 2.16. The molecule has 0 unspecified atom stereocenters. The topological polar surface area (TPSA) is 84.9 Å². The molecule has 27 heavy (non-hydrogen) atoms. The SMILES string of the molecule is COc1ccc(S(=O)(=O)N(C)C)cc1NC(=O)COc1ccc(C)cc1Br. The number of halogens is 1. The minimum Gasteiger partial charge on any atom is -0.495 e. The minimum absolute atomic E-state index is 0.0470. The average molecular weight is 457 g/mol. The van der Waals surface area contributed by atoms with Crippen LogP contribution in [0.2, 0.25) is 0 Å². The van der Waals surface area contributed by atoms with E-state index in [2.05, 4.69) is 21.2 Å². The summed E-state index contributed by atoms with van der Waals surface area (Å²) < 4.78 is 37.1. The highest BCUT2D eigenvalue weighted by Gasteiger charge is 2.20. The van der Waals surface area contributed by atoms with Crippen LogP contribution >= 0.6 is 15.9 Å². The Morgan fingerprint density at radius 1 is 1.15 bits per heavy atom. The van der Waals surface area contributed by atoms with Gasteiger partial charge >= 0.3 is 0 Å². The van der Waals surface area contributed by atoms with Gasteiger partial charge in [-0.2, -0.15) is 0 Å². The molecule has 0 aliphatic heterocycles. The number of aryl methyl sites for hydroxylation is 1. The standard InChI is InChI=1S/C18H21BrN2O5S/c1-12-5-7-16(14(19)9-12)26-11-18(22)20-15-10-13(6-8-17(15)25-4)27(23,24)21(2)3/h5-10H,11H2,1-4H3,(H,20,22). The van der Waals surface area contributed by atoms with Gasteiger partial charge in [-0.05, 0) is 58.7 Å². The number of hydrogen-bond acceptors (Lipinski definition) is 5. The van der Waals surface area contributed by atoms with Gasteiger partial charge in [0, 0.05) is 14.1 Å². The fraction of sp³-hybridized carbons (Fsp3) is 0.278. The number of sulfonamides is 1. The van der Waals surface area contributed by atoms with Gasteiger partial charge in [0.25, 0.3) is 5.91 Å². The normalized spacial score (nSPS) is 11.3. The van der Waals surface area contributed by atoms with Crippen molar-refractivity contribution in [2.75, 3.05) is 33.1 Å². The Morgan fingerprint density at radius 3 is 2.41 bits per heavy atom. The zero-order valence-corrected chi connectivity index (χ0v) is 17.8. The predicted molar refractivity (Wildman–Crippen MR) is 107 cm³/mol. The van der Waals surface area contributed by atoms with Crippen molar-refractivity contribution >= 4 is 37.5 Å². The molecule has 0 atom stereocenters. The lowest BCUT2D eigenvalue weighted by Gasteiger charge is -2.15. The number of nitrogens with zero attached hydrogens (tertiary/aromatic N) is 1. The van der Waals surface area contributed by atoms with Crippen LogP contribution < -0.4 is 14.8 Å². The van der Waals surface area contributed by atoms with E-state index in [0.717, 1.165) is 14.3 Å². The van der Waals surface area contributed by atoms with E-state index in [9.17, 15) is 13.2 Å². The molecule has 0 saturated heterocycles. The second-order valence-electron chi connectivity index (χ2n) is 5.92. The zero-order chi connectivity index (χ0) is 20.2. The molecule has 1 amide bonds. The summed E-state index contributed by atoms with van der Waals surface area (Å²) in [6.45, 7) is 1.71. The lowest BCUT2D eigenvalue weighted by Crippen LogP contribution is -2.23. The van der Waals surface area contributed by atoms with Crippen molar-refractivity contribution < 1.29 is 22.7 Å². The first-order chi connectivity index (χ1) is 12.6. The van der Waals surface area contributed by atoms with Crippen molar-refractivity contribution in [2.45, 2.75) is 11.8 Å². The van der Waals surface area contributed by atoms with Crippen LogP contribution in [-0.2, 0) is 14.8 Å². The monoisotopic (exact) mass is 456 g/mol. The Hall–Kier alpha value is -2.10. The highest BCUT2D eigenvalue weighted by molar-refractivity contribution is 9.10. The average Bonchev–Trinajstić information content (AvgIpc) is 2.60. The van der Waals surface area contributed by atoms with Crippen LogP contribution in [0.5, 0.6) is 11.5 Å². The third-order valence-electron chi connectivity index (χ3n) is 3.67. The molecule has 0 radical (unpaired) electrons. The number of hydrogen-bond donors (Lipinski definition) is 1. The molecule has 2 aromatic carbocycles. The van der Waals surface area contributed by atoms with Gasteiger partial charge in [0.05, 0.1) is 22.2 Å². The van der Waals surface area contributed by atoms with Gasteiger partial charge in [-0.25, -0.2) is 12.7 Å². The van der Waals surface area contributed by atoms with E-state index < -0.39 is 15.9 Å². The van der Waals surface area contributed by atoms with Gasteiger partial charge in [0.2, 0.25) is 10.0 Å². The van der Waals surface area contributed by atoms with Crippen LogP contribution in [0.3, 0.4) is 0 Å². The Labute approximate surface area is 167 Å². The summed E-state index contributed by atoms with van der Waals surface area (Å²) in [6.07, 6.45) is 0. The molecule has 0 saturated carbocycles. The van der Waals surface area contributed by atoms with Crippen LogP contribution in [0.4, 0.5) is 5.69 Å². The molecule has 2 rings (SSSR count). The Morgan fingerprint density at radius 2 is 1.81 bits per heavy atom. The van der Waals surface area contributed by atoms with Crippen LogP contribution in [0.25, 0.3) is 0 Å². The van der Waals surface area contributed by atoms with Gasteiger partial charge in [-0.3, -0.25) is 4.79 Å². The molecule has 0 heterocycles. The highest BCUT2D eigenvalue weighted by Crippen LogP contribution is 2.29. The number of ether oxygens (including phenoxy) is 2. The third-order valence-corrected chi connectivity index (χ3v) is 6.10. The molecule has 9 heteroatoms. The number of anilines is 1. The van der Waals surface area contributed by atoms with Crippen LogP contribution in [0, 0.1) is 6.92 Å². The zero-order valence-electron chi connectivity index (χ0n) is 15.4. The van der Waals surface area contributed by atoms with E-state index in [-0.39, 0.29) is 17.2 Å². The van der Waals surface area contributed by atoms with Gasteiger partial charge in [0.1, 0.15) is 11.5 Å². The fourth-order valence-electron chi connectivity index (χ4n) is 2.21. The van der Waals surface area contributed by atoms with Gasteiger partial charge in [0.15, 0.2) is 6.61 Å². The van der Waals surface area contributed by atoms with E-state index in [4.69, 9.17) is 9.47 Å². The summed E-state index contributed by atoms with van der Waals surface area (Å²) in [5, 5.41) is 2.63. The first-order valence-electron chi connectivity index (χ1n) is 7.94. The van der Waals surface area contributed by atoms with Crippen molar-refractivity contribution in [3.8, 4) is 11.5 Å². The molecule has 2 aromatic rings. The molecular formula is C18H21BrN2O5S. The Kier molecular flexibility index (Phi) is 6.85. The van der Waals surface area contributed by atoms with Gasteiger partial charge < -0.3 is 14.8 Å². The lowest BCUT2D eigenvalue weighted by molar-refractivity contribution is -0.118. The summed E-state index contributed by atoms with van der Waals surface area (Å²) in [7, 11) is 0.671. The Bertz CT molecular complexity index is 945. The third kappa shape index (κ3) is 5.21. The largest absolute Gasteiger partial charge is 0.495 e. The summed E-state index contributed by atoms with van der Waals surface area (Å²) in [4.78, 5) is 12.3. The maximum Gasteiger partial charge on any atom is 0.262 e. The molecular weight excluding hydrogens is 436 g/mol. The first kappa shape index (κ1) is 21.2. The number of rotatable bonds is 7. The number of carbonyl (C=O) groups excluding carboxylic acids is 1. The van der Waals surface area contributed by atoms with E-state index in [1.165, 1.54) is 39.4 Å². The van der Waals surface area contributed by atoms with Crippen molar-refractivity contribution in [2.24, 2.45) is 0 Å². The van der Waals surface area contributed by atoms with Gasteiger partial charge in [-0.15, -0.1) is 0 Å². The number of carbonyl (C=O) groups is 1. The van der Waals surface area contributed by atoms with Crippen molar-refractivity contribution in [1.29, 1.82) is 0 Å². The summed E-state index contributed by atoms with van der Waals surface area (Å²) >= 11 is 3.38. The molecule has 7 nitrogen and oxygen atoms in total. The fourth-order valence-corrected chi connectivity index (χ4v) is 3.74. The smallest absolute Gasteiger partial charge is 0.262 e. The molecule has 0 fully saturated rings.